The van der Waals surface area contributed by atoms with E-state index in [0.29, 0.717) is 32.4 Å². The molecule has 140 valence electrons. The van der Waals surface area contributed by atoms with E-state index in [1.165, 1.54) is 0 Å². The molecule has 0 radical (unpaired) electrons. The molecule has 4 rings (SSSR count). The predicted octanol–water partition coefficient (Wildman–Crippen LogP) is 2.59. The van der Waals surface area contributed by atoms with Gasteiger partial charge in [-0.2, -0.15) is 0 Å². The van der Waals surface area contributed by atoms with Crippen molar-refractivity contribution < 1.29 is 9.59 Å². The van der Waals surface area contributed by atoms with Gasteiger partial charge < -0.3 is 10.2 Å². The molecule has 0 atom stereocenters. The topological polar surface area (TPSA) is 64.7 Å². The van der Waals surface area contributed by atoms with Crippen LogP contribution >= 0.6 is 0 Å². The molecule has 2 N–H and O–H groups in total. The van der Waals surface area contributed by atoms with Gasteiger partial charge in [-0.3, -0.25) is 4.79 Å². The molecule has 2 aromatic rings. The van der Waals surface area contributed by atoms with Crippen LogP contribution in [0.3, 0.4) is 0 Å². The molecule has 0 bridgehead atoms. The van der Waals surface area contributed by atoms with Crippen molar-refractivity contribution in [2.24, 2.45) is 0 Å². The second kappa shape index (κ2) is 7.04. The summed E-state index contributed by atoms with van der Waals surface area (Å²) in [6.07, 6.45) is 1.79. The molecule has 2 aliphatic heterocycles. The maximum Gasteiger partial charge on any atom is 0.338 e. The molecule has 6 heteroatoms. The zero-order valence-electron chi connectivity index (χ0n) is 15.4. The lowest BCUT2D eigenvalue weighted by atomic mass is 9.97. The number of hydrogen-bond donors (Lipinski definition) is 2. The highest BCUT2D eigenvalue weighted by Gasteiger charge is 2.45. The number of aryl methyl sites for hydroxylation is 1. The van der Waals surface area contributed by atoms with Crippen LogP contribution in [-0.4, -0.2) is 35.6 Å². The Morgan fingerprint density at radius 1 is 1.04 bits per heavy atom. The summed E-state index contributed by atoms with van der Waals surface area (Å²) in [7, 11) is 0. The van der Waals surface area contributed by atoms with Gasteiger partial charge in [0, 0.05) is 25.9 Å². The van der Waals surface area contributed by atoms with E-state index < -0.39 is 5.66 Å². The Kier molecular flexibility index (Phi) is 4.58. The van der Waals surface area contributed by atoms with Crippen molar-refractivity contribution in [3.63, 3.8) is 0 Å². The number of amides is 3. The van der Waals surface area contributed by atoms with Gasteiger partial charge in [-0.1, -0.05) is 42.5 Å². The molecular formula is C21H24N4O2. The van der Waals surface area contributed by atoms with Crippen LogP contribution in [0.1, 0.15) is 24.0 Å². The summed E-state index contributed by atoms with van der Waals surface area (Å²) in [5, 5.41) is 4.63. The number of para-hydroxylation sites is 1. The Morgan fingerprint density at radius 2 is 1.70 bits per heavy atom. The monoisotopic (exact) mass is 364 g/mol. The van der Waals surface area contributed by atoms with Gasteiger partial charge in [-0.25, -0.2) is 15.2 Å². The number of carbonyl (C=O) groups is 2. The van der Waals surface area contributed by atoms with Gasteiger partial charge >= 0.3 is 6.03 Å². The smallest absolute Gasteiger partial charge is 0.338 e. The number of urea groups is 1. The third-order valence-electron chi connectivity index (χ3n) is 5.46. The summed E-state index contributed by atoms with van der Waals surface area (Å²) in [6.45, 7) is 3.28. The highest BCUT2D eigenvalue weighted by atomic mass is 16.2. The average Bonchev–Trinajstić information content (AvgIpc) is 3.00. The lowest BCUT2D eigenvalue weighted by Crippen LogP contribution is -2.58. The molecule has 2 heterocycles. The van der Waals surface area contributed by atoms with Crippen LogP contribution < -0.4 is 15.8 Å². The first-order valence-corrected chi connectivity index (χ1v) is 9.34. The van der Waals surface area contributed by atoms with E-state index in [-0.39, 0.29) is 11.9 Å². The molecule has 2 aliphatic rings. The number of piperidine rings is 1. The van der Waals surface area contributed by atoms with Gasteiger partial charge in [0.15, 0.2) is 0 Å². The average molecular weight is 364 g/mol. The molecule has 27 heavy (non-hydrogen) atoms. The highest BCUT2D eigenvalue weighted by molar-refractivity contribution is 5.93. The molecule has 0 aliphatic carbocycles. The quantitative estimate of drug-likeness (QED) is 0.880. The van der Waals surface area contributed by atoms with E-state index in [2.05, 4.69) is 10.7 Å². The second-order valence-electron chi connectivity index (χ2n) is 7.28. The van der Waals surface area contributed by atoms with Gasteiger partial charge in [0.2, 0.25) is 5.91 Å². The maximum absolute atomic E-state index is 12.7. The SMILES string of the molecule is Cc1ccccc1CC(=O)N1CCC2(CC1)NC(=O)N(c1ccccc1)N2. The van der Waals surface area contributed by atoms with E-state index >= 15 is 0 Å². The summed E-state index contributed by atoms with van der Waals surface area (Å²) in [5.74, 6) is 0.142. The molecular weight excluding hydrogens is 340 g/mol. The van der Waals surface area contributed by atoms with Crippen LogP contribution in [0, 0.1) is 6.92 Å². The Hall–Kier alpha value is -2.86. The third kappa shape index (κ3) is 3.53. The number of carbonyl (C=O) groups excluding carboxylic acids is 2. The molecule has 3 amide bonds. The zero-order chi connectivity index (χ0) is 18.9. The first kappa shape index (κ1) is 17.5. The Bertz CT molecular complexity index is 844. The molecule has 2 saturated heterocycles. The van der Waals surface area contributed by atoms with Gasteiger partial charge in [0.1, 0.15) is 5.66 Å². The van der Waals surface area contributed by atoms with Crippen LogP contribution in [-0.2, 0) is 11.2 Å². The zero-order valence-corrected chi connectivity index (χ0v) is 15.4. The number of nitrogens with one attached hydrogen (secondary N) is 2. The van der Waals surface area contributed by atoms with Gasteiger partial charge in [-0.15, -0.1) is 0 Å². The van der Waals surface area contributed by atoms with Crippen LogP contribution in [0.4, 0.5) is 10.5 Å². The van der Waals surface area contributed by atoms with Gasteiger partial charge in [0.25, 0.3) is 0 Å². The molecule has 0 aromatic heterocycles. The predicted molar refractivity (Wildman–Crippen MR) is 104 cm³/mol. The Labute approximate surface area is 159 Å². The van der Waals surface area contributed by atoms with Crippen molar-refractivity contribution in [3.8, 4) is 0 Å². The fraction of sp³-hybridized carbons (Fsp3) is 0.333. The third-order valence-corrected chi connectivity index (χ3v) is 5.46. The van der Waals surface area contributed by atoms with Crippen molar-refractivity contribution in [2.75, 3.05) is 18.1 Å². The van der Waals surface area contributed by atoms with Crippen LogP contribution in [0.5, 0.6) is 0 Å². The maximum atomic E-state index is 12.7. The number of likely N-dealkylation sites (tertiary alicyclic amines) is 1. The van der Waals surface area contributed by atoms with Gasteiger partial charge in [-0.05, 0) is 30.2 Å². The molecule has 1 spiro atoms. The van der Waals surface area contributed by atoms with Crippen LogP contribution in [0.2, 0.25) is 0 Å². The number of rotatable bonds is 3. The number of hydrogen-bond acceptors (Lipinski definition) is 3. The van der Waals surface area contributed by atoms with Crippen molar-refractivity contribution in [2.45, 2.75) is 31.8 Å². The van der Waals surface area contributed by atoms with E-state index in [1.807, 2.05) is 66.4 Å². The summed E-state index contributed by atoms with van der Waals surface area (Å²) in [4.78, 5) is 27.0. The van der Waals surface area contributed by atoms with E-state index in [4.69, 9.17) is 0 Å². The molecule has 0 unspecified atom stereocenters. The minimum absolute atomic E-state index is 0.142. The van der Waals surface area contributed by atoms with Crippen LogP contribution in [0.15, 0.2) is 54.6 Å². The first-order chi connectivity index (χ1) is 13.1. The fourth-order valence-electron chi connectivity index (χ4n) is 3.77. The van der Waals surface area contributed by atoms with Crippen LogP contribution in [0.25, 0.3) is 0 Å². The number of nitrogens with zero attached hydrogens (tertiary/aromatic N) is 2. The van der Waals surface area contributed by atoms with E-state index in [1.54, 1.807) is 5.01 Å². The summed E-state index contributed by atoms with van der Waals surface area (Å²) in [6, 6.07) is 17.4. The van der Waals surface area contributed by atoms with Gasteiger partial charge in [0.05, 0.1) is 12.1 Å². The fourth-order valence-corrected chi connectivity index (χ4v) is 3.77. The van der Waals surface area contributed by atoms with E-state index in [0.717, 1.165) is 16.8 Å². The number of benzene rings is 2. The summed E-state index contributed by atoms with van der Waals surface area (Å²) < 4.78 is 0. The summed E-state index contributed by atoms with van der Waals surface area (Å²) >= 11 is 0. The first-order valence-electron chi connectivity index (χ1n) is 9.34. The number of anilines is 1. The minimum Gasteiger partial charge on any atom is -0.342 e. The molecule has 2 aromatic carbocycles. The lowest BCUT2D eigenvalue weighted by Gasteiger charge is -2.39. The molecule has 2 fully saturated rings. The lowest BCUT2D eigenvalue weighted by molar-refractivity contribution is -0.132. The summed E-state index contributed by atoms with van der Waals surface area (Å²) in [5.41, 5.74) is 5.87. The Morgan fingerprint density at radius 3 is 2.41 bits per heavy atom. The molecule has 6 nitrogen and oxygen atoms in total. The molecule has 0 saturated carbocycles. The Balaban J connectivity index is 1.38. The van der Waals surface area contributed by atoms with E-state index in [9.17, 15) is 9.59 Å². The van der Waals surface area contributed by atoms with Crippen molar-refractivity contribution in [1.82, 2.24) is 15.6 Å². The second-order valence-corrected chi connectivity index (χ2v) is 7.28. The minimum atomic E-state index is -0.480. The normalized spacial score (nSPS) is 18.6. The van der Waals surface area contributed by atoms with Crippen molar-refractivity contribution in [3.05, 3.63) is 65.7 Å². The van der Waals surface area contributed by atoms with Crippen molar-refractivity contribution >= 4 is 17.6 Å². The highest BCUT2D eigenvalue weighted by Crippen LogP contribution is 2.27. The number of hydrazine groups is 1. The largest absolute Gasteiger partial charge is 0.342 e. The van der Waals surface area contributed by atoms with Crippen molar-refractivity contribution in [1.29, 1.82) is 0 Å². The standard InChI is InChI=1S/C21H24N4O2/c1-16-7-5-6-8-17(16)15-19(26)24-13-11-21(12-14-24)22-20(27)25(23-21)18-9-3-2-4-10-18/h2-10,23H,11-15H2,1H3,(H,22,27).